The molecule has 0 spiro atoms. The van der Waals surface area contributed by atoms with Crippen molar-refractivity contribution in [1.29, 1.82) is 0 Å². The molecule has 3 N–H and O–H groups in total. The molecule has 2 fully saturated rings. The van der Waals surface area contributed by atoms with Crippen LogP contribution in [0.4, 0.5) is 34.6 Å². The number of imidazole rings is 2. The van der Waals surface area contributed by atoms with Crippen molar-refractivity contribution >= 4 is 45.9 Å². The molecule has 2 aliphatic heterocycles. The number of nitrogens with one attached hydrogen (secondary N) is 2. The van der Waals surface area contributed by atoms with Crippen LogP contribution in [-0.4, -0.2) is 101 Å². The Labute approximate surface area is 379 Å². The number of phenolic OH excluding ortho intramolecular Hbond substituents is 1. The predicted molar refractivity (Wildman–Crippen MR) is 259 cm³/mol. The molecule has 8 aromatic rings. The van der Waals surface area contributed by atoms with Crippen LogP contribution >= 0.6 is 0 Å². The quantitative estimate of drug-likeness (QED) is 0.0954. The van der Waals surface area contributed by atoms with Crippen molar-refractivity contribution in [3.05, 3.63) is 122 Å². The third-order valence-corrected chi connectivity index (χ3v) is 12.2. The molecule has 65 heavy (non-hydrogen) atoms. The molecule has 0 saturated carbocycles. The maximum atomic E-state index is 9.83. The van der Waals surface area contributed by atoms with E-state index in [4.69, 9.17) is 19.8 Å². The van der Waals surface area contributed by atoms with Gasteiger partial charge in [0.15, 0.2) is 11.3 Å². The molecule has 0 amide bonds. The maximum Gasteiger partial charge on any atom is 0.177 e. The van der Waals surface area contributed by atoms with Crippen molar-refractivity contribution in [1.82, 2.24) is 44.1 Å². The number of hydrogen-bond donors (Lipinski definition) is 3. The van der Waals surface area contributed by atoms with Crippen molar-refractivity contribution in [3.63, 3.8) is 0 Å². The minimum Gasteiger partial charge on any atom is -0.508 e. The van der Waals surface area contributed by atoms with E-state index in [9.17, 15) is 5.11 Å². The predicted octanol–water partition coefficient (Wildman–Crippen LogP) is 9.47. The van der Waals surface area contributed by atoms with Crippen LogP contribution in [0.5, 0.6) is 11.5 Å². The highest BCUT2D eigenvalue weighted by molar-refractivity contribution is 5.79. The highest BCUT2D eigenvalue weighted by Gasteiger charge is 2.23. The van der Waals surface area contributed by atoms with Gasteiger partial charge in [0.2, 0.25) is 0 Å². The first-order chi connectivity index (χ1) is 31.8. The fourth-order valence-electron chi connectivity index (χ4n) is 8.67. The first-order valence-corrected chi connectivity index (χ1v) is 22.8. The molecule has 6 aromatic heterocycles. The zero-order valence-corrected chi connectivity index (χ0v) is 37.5. The Morgan fingerprint density at radius 1 is 0.662 bits per heavy atom. The van der Waals surface area contributed by atoms with Crippen LogP contribution in [0.2, 0.25) is 0 Å². The molecule has 0 aliphatic carbocycles. The lowest BCUT2D eigenvalue weighted by Gasteiger charge is -2.23. The third-order valence-electron chi connectivity index (χ3n) is 12.2. The number of nitrogens with zero attached hydrogens (tertiary/aromatic N) is 11. The fourth-order valence-corrected chi connectivity index (χ4v) is 8.67. The average molecular weight is 872 g/mol. The standard InChI is InChI=1S/C28H35N7O.C22H22N6O/c1-4-33(5-2)17-18-36-23-11-6-10-22(19-23)24-20-25(28-29-14-16-35(28)32-24)30-26-12-7-13-27(31-26)34-15-8-9-21(34)3;1-15-5-4-11-27(15)21-9-3-8-20(25-21)24-19-14-18(16-6-2-7-17(29)13-16)26-28-12-10-23-22(19)28/h6-7,10-14,16,19-21H,4-5,8-9,15,17-18H2,1-3H3,(H,30,31);2-3,6-10,12-15,29H,4-5,11H2,1H3,(H,24,25). The number of phenols is 1. The molecule has 2 aliphatic rings. The van der Waals surface area contributed by atoms with Crippen molar-refractivity contribution in [3.8, 4) is 34.0 Å². The number of hydrogen-bond acceptors (Lipinski definition) is 13. The van der Waals surface area contributed by atoms with Crippen LogP contribution in [0.15, 0.2) is 122 Å². The number of pyridine rings is 2. The lowest BCUT2D eigenvalue weighted by atomic mass is 10.1. The normalized spacial score (nSPS) is 16.0. The van der Waals surface area contributed by atoms with E-state index in [0.717, 1.165) is 107 Å². The number of aromatic hydroxyl groups is 1. The SMILES string of the molecule is CC1CCCN1c1cccc(Nc2cc(-c3cccc(O)c3)nn3ccnc23)n1.CCN(CC)CCOc1cccc(-c2cc(Nc3cccc(N4CCCC4C)n3)c3nccn3n2)c1. The van der Waals surface area contributed by atoms with Gasteiger partial charge in [-0.1, -0.05) is 50.2 Å². The minimum atomic E-state index is 0.207. The third kappa shape index (κ3) is 9.95. The molecule has 2 unspecified atom stereocenters. The molecular formula is C50H57N13O2. The summed E-state index contributed by atoms with van der Waals surface area (Å²) in [6.45, 7) is 14.6. The van der Waals surface area contributed by atoms with E-state index in [1.165, 1.54) is 25.7 Å². The van der Waals surface area contributed by atoms with Crippen LogP contribution < -0.4 is 25.2 Å². The second-order valence-electron chi connectivity index (χ2n) is 16.6. The van der Waals surface area contributed by atoms with Crippen LogP contribution in [0.3, 0.4) is 0 Å². The average Bonchev–Trinajstić information content (AvgIpc) is 4.17. The molecule has 334 valence electrons. The van der Waals surface area contributed by atoms with Crippen molar-refractivity contribution in [2.75, 3.05) is 59.8 Å². The molecular weight excluding hydrogens is 815 g/mol. The Balaban J connectivity index is 0.000000168. The molecule has 0 bridgehead atoms. The Hall–Kier alpha value is -7.26. The largest absolute Gasteiger partial charge is 0.508 e. The molecule has 2 saturated heterocycles. The summed E-state index contributed by atoms with van der Waals surface area (Å²) in [6.07, 6.45) is 12.0. The molecule has 8 heterocycles. The minimum absolute atomic E-state index is 0.207. The van der Waals surface area contributed by atoms with Gasteiger partial charge in [-0.25, -0.2) is 29.0 Å². The number of rotatable bonds is 14. The van der Waals surface area contributed by atoms with Gasteiger partial charge >= 0.3 is 0 Å². The zero-order chi connectivity index (χ0) is 44.7. The zero-order valence-electron chi connectivity index (χ0n) is 37.5. The highest BCUT2D eigenvalue weighted by Crippen LogP contribution is 2.32. The fraction of sp³-hybridized carbons (Fsp3) is 0.320. The number of benzene rings is 2. The summed E-state index contributed by atoms with van der Waals surface area (Å²) < 4.78 is 9.59. The van der Waals surface area contributed by atoms with Gasteiger partial charge in [-0.05, 0) is 113 Å². The van der Waals surface area contributed by atoms with E-state index in [1.807, 2.05) is 67.0 Å². The van der Waals surface area contributed by atoms with Gasteiger partial charge in [0, 0.05) is 67.6 Å². The summed E-state index contributed by atoms with van der Waals surface area (Å²) in [5, 5.41) is 26.2. The number of anilines is 6. The van der Waals surface area contributed by atoms with Crippen molar-refractivity contribution in [2.24, 2.45) is 0 Å². The van der Waals surface area contributed by atoms with Crippen LogP contribution in [0.25, 0.3) is 33.8 Å². The highest BCUT2D eigenvalue weighted by atomic mass is 16.5. The number of likely N-dealkylation sites (N-methyl/N-ethyl adjacent to an activating group) is 1. The van der Waals surface area contributed by atoms with E-state index in [-0.39, 0.29) is 5.75 Å². The summed E-state index contributed by atoms with van der Waals surface area (Å²) >= 11 is 0. The summed E-state index contributed by atoms with van der Waals surface area (Å²) in [4.78, 5) is 25.8. The van der Waals surface area contributed by atoms with Crippen molar-refractivity contribution in [2.45, 2.75) is 65.5 Å². The maximum absolute atomic E-state index is 9.83. The van der Waals surface area contributed by atoms with Crippen LogP contribution in [0, 0.1) is 0 Å². The number of fused-ring (bicyclic) bond motifs is 2. The lowest BCUT2D eigenvalue weighted by molar-refractivity contribution is 0.223. The monoisotopic (exact) mass is 871 g/mol. The Morgan fingerprint density at radius 3 is 1.69 bits per heavy atom. The molecule has 10 rings (SSSR count). The van der Waals surface area contributed by atoms with Gasteiger partial charge in [-0.2, -0.15) is 10.2 Å². The number of ether oxygens (including phenoxy) is 1. The molecule has 15 heteroatoms. The summed E-state index contributed by atoms with van der Waals surface area (Å²) in [5.74, 6) is 4.60. The Bertz CT molecular complexity index is 2860. The van der Waals surface area contributed by atoms with Crippen molar-refractivity contribution < 1.29 is 9.84 Å². The van der Waals surface area contributed by atoms with Gasteiger partial charge in [0.1, 0.15) is 41.4 Å². The smallest absolute Gasteiger partial charge is 0.177 e. The van der Waals surface area contributed by atoms with Crippen LogP contribution in [0.1, 0.15) is 53.4 Å². The van der Waals surface area contributed by atoms with E-state index >= 15 is 0 Å². The molecule has 2 aromatic carbocycles. The molecule has 2 atom stereocenters. The second kappa shape index (κ2) is 19.6. The van der Waals surface area contributed by atoms with Gasteiger partial charge in [0.05, 0.1) is 22.8 Å². The van der Waals surface area contributed by atoms with E-state index in [1.54, 1.807) is 39.6 Å². The summed E-state index contributed by atoms with van der Waals surface area (Å²) in [7, 11) is 0. The summed E-state index contributed by atoms with van der Waals surface area (Å²) in [6, 6.07) is 32.3. The van der Waals surface area contributed by atoms with Gasteiger partial charge in [-0.15, -0.1) is 0 Å². The Kier molecular flexibility index (Phi) is 13.0. The van der Waals surface area contributed by atoms with E-state index in [0.29, 0.717) is 18.7 Å². The molecule has 0 radical (unpaired) electrons. The second-order valence-corrected chi connectivity index (χ2v) is 16.6. The van der Waals surface area contributed by atoms with Gasteiger partial charge < -0.3 is 35.2 Å². The first kappa shape index (κ1) is 43.0. The van der Waals surface area contributed by atoms with Gasteiger partial charge in [-0.3, -0.25) is 0 Å². The Morgan fingerprint density at radius 2 is 1.18 bits per heavy atom. The molecule has 15 nitrogen and oxygen atoms in total. The number of aromatic nitrogens is 8. The topological polar surface area (TPSA) is 149 Å². The summed E-state index contributed by atoms with van der Waals surface area (Å²) in [5.41, 5.74) is 6.53. The van der Waals surface area contributed by atoms with Gasteiger partial charge in [0.25, 0.3) is 0 Å². The van der Waals surface area contributed by atoms with Crippen LogP contribution in [-0.2, 0) is 0 Å². The lowest BCUT2D eigenvalue weighted by Crippen LogP contribution is -2.27. The van der Waals surface area contributed by atoms with E-state index in [2.05, 4.69) is 92.4 Å². The van der Waals surface area contributed by atoms with E-state index < -0.39 is 0 Å². The first-order valence-electron chi connectivity index (χ1n) is 22.8.